The number of Topliss-reactive ketones (excluding diaryl/α,β-unsaturated/α-hetero) is 1. The smallest absolute Gasteiger partial charge is 0.252 e. The summed E-state index contributed by atoms with van der Waals surface area (Å²) in [5.41, 5.74) is 7.07. The molecular formula is C28H38N4O4. The number of piperidine rings is 1. The first-order valence-corrected chi connectivity index (χ1v) is 13.8. The van der Waals surface area contributed by atoms with Crippen molar-refractivity contribution < 1.29 is 19.1 Å². The van der Waals surface area contributed by atoms with Crippen LogP contribution < -0.4 is 11.1 Å². The lowest BCUT2D eigenvalue weighted by atomic mass is 9.85. The fourth-order valence-electron chi connectivity index (χ4n) is 7.09. The average Bonchev–Trinajstić information content (AvgIpc) is 3.57. The zero-order chi connectivity index (χ0) is 24.9. The summed E-state index contributed by atoms with van der Waals surface area (Å²) in [5, 5.41) is 3.10. The van der Waals surface area contributed by atoms with E-state index in [2.05, 4.69) is 22.3 Å². The molecule has 3 saturated heterocycles. The van der Waals surface area contributed by atoms with Crippen molar-refractivity contribution in [1.82, 2.24) is 15.1 Å². The van der Waals surface area contributed by atoms with Crippen LogP contribution in [-0.4, -0.2) is 83.4 Å². The highest BCUT2D eigenvalue weighted by molar-refractivity contribution is 6.01. The molecule has 1 aromatic carbocycles. The van der Waals surface area contributed by atoms with Gasteiger partial charge in [0.25, 0.3) is 5.91 Å². The Labute approximate surface area is 212 Å². The number of ether oxygens (including phenoxy) is 1. The molecule has 3 N–H and O–H groups in total. The Bertz CT molecular complexity index is 1010. The van der Waals surface area contributed by atoms with Crippen molar-refractivity contribution in [3.05, 3.63) is 35.4 Å². The second-order valence-electron chi connectivity index (χ2n) is 11.6. The van der Waals surface area contributed by atoms with E-state index in [9.17, 15) is 14.4 Å². The molecule has 1 aromatic rings. The highest BCUT2D eigenvalue weighted by Gasteiger charge is 2.55. The number of hydrogen-bond donors (Lipinski definition) is 2. The maximum Gasteiger partial charge on any atom is 0.252 e. The van der Waals surface area contributed by atoms with Crippen LogP contribution in [0.1, 0.15) is 79.6 Å². The number of fused-ring (bicyclic) bond motifs is 1. The molecule has 5 fully saturated rings. The molecule has 2 aliphatic carbocycles. The van der Waals surface area contributed by atoms with Crippen LogP contribution in [0.2, 0.25) is 0 Å². The number of likely N-dealkylation sites (tertiary alicyclic amines) is 2. The second kappa shape index (κ2) is 9.54. The van der Waals surface area contributed by atoms with Crippen LogP contribution in [0.25, 0.3) is 0 Å². The average molecular weight is 495 g/mol. The summed E-state index contributed by atoms with van der Waals surface area (Å²) in [5.74, 6) is 0.0187. The summed E-state index contributed by atoms with van der Waals surface area (Å²) in [4.78, 5) is 43.8. The zero-order valence-corrected chi connectivity index (χ0v) is 21.0. The van der Waals surface area contributed by atoms with Crippen LogP contribution in [0, 0.1) is 0 Å². The van der Waals surface area contributed by atoms with Gasteiger partial charge < -0.3 is 25.6 Å². The molecule has 36 heavy (non-hydrogen) atoms. The van der Waals surface area contributed by atoms with E-state index in [-0.39, 0.29) is 36.8 Å². The second-order valence-corrected chi connectivity index (χ2v) is 11.6. The van der Waals surface area contributed by atoms with Gasteiger partial charge in [0.2, 0.25) is 5.91 Å². The van der Waals surface area contributed by atoms with E-state index in [1.807, 2.05) is 12.1 Å². The van der Waals surface area contributed by atoms with E-state index in [1.54, 1.807) is 4.90 Å². The highest BCUT2D eigenvalue weighted by atomic mass is 16.5. The normalized spacial score (nSPS) is 30.9. The number of nitrogens with two attached hydrogens (primary N) is 1. The van der Waals surface area contributed by atoms with E-state index in [1.165, 1.54) is 37.7 Å². The lowest BCUT2D eigenvalue weighted by molar-refractivity contribution is -0.142. The number of amides is 2. The third kappa shape index (κ3) is 4.17. The van der Waals surface area contributed by atoms with Gasteiger partial charge in [0.1, 0.15) is 24.3 Å². The third-order valence-corrected chi connectivity index (χ3v) is 9.47. The number of carbonyl (C=O) groups excluding carboxylic acids is 3. The quantitative estimate of drug-likeness (QED) is 0.649. The monoisotopic (exact) mass is 494 g/mol. The van der Waals surface area contributed by atoms with Gasteiger partial charge in [0.15, 0.2) is 5.78 Å². The lowest BCUT2D eigenvalue weighted by Gasteiger charge is -2.42. The van der Waals surface area contributed by atoms with Gasteiger partial charge in [-0.25, -0.2) is 0 Å². The van der Waals surface area contributed by atoms with Gasteiger partial charge in [-0.1, -0.05) is 31.4 Å². The molecule has 8 heteroatoms. The summed E-state index contributed by atoms with van der Waals surface area (Å²) in [6.07, 6.45) is 8.86. The van der Waals surface area contributed by atoms with E-state index < -0.39 is 17.7 Å². The van der Waals surface area contributed by atoms with E-state index in [0.29, 0.717) is 24.3 Å². The van der Waals surface area contributed by atoms with Gasteiger partial charge in [0.05, 0.1) is 6.04 Å². The zero-order valence-electron chi connectivity index (χ0n) is 21.0. The molecule has 5 aliphatic rings. The first-order valence-electron chi connectivity index (χ1n) is 13.8. The molecule has 0 spiro atoms. The SMILES string of the molecule is N[C@H]1CN(C(=O)C2(NC(=O)c3ccc(C4CCN(C5CCC5)CC4)cc3)CCCC2)[C@@H]2C(=O)CO[C@@H]21. The molecular weight excluding hydrogens is 456 g/mol. The third-order valence-electron chi connectivity index (χ3n) is 9.47. The van der Waals surface area contributed by atoms with Crippen molar-refractivity contribution in [1.29, 1.82) is 0 Å². The molecule has 0 radical (unpaired) electrons. The molecule has 3 atom stereocenters. The van der Waals surface area contributed by atoms with Crippen molar-refractivity contribution in [2.45, 2.75) is 93.5 Å². The van der Waals surface area contributed by atoms with Gasteiger partial charge in [-0.15, -0.1) is 0 Å². The van der Waals surface area contributed by atoms with E-state index >= 15 is 0 Å². The topological polar surface area (TPSA) is 105 Å². The first-order chi connectivity index (χ1) is 17.4. The molecule has 194 valence electrons. The fourth-order valence-corrected chi connectivity index (χ4v) is 7.09. The van der Waals surface area contributed by atoms with Crippen molar-refractivity contribution >= 4 is 17.6 Å². The summed E-state index contributed by atoms with van der Waals surface area (Å²) in [6, 6.07) is 7.76. The minimum atomic E-state index is -0.985. The largest absolute Gasteiger partial charge is 0.366 e. The Hall–Kier alpha value is -2.29. The molecule has 6 rings (SSSR count). The van der Waals surface area contributed by atoms with Crippen molar-refractivity contribution in [2.24, 2.45) is 5.73 Å². The molecule has 8 nitrogen and oxygen atoms in total. The number of ketones is 1. The number of hydrogen-bond acceptors (Lipinski definition) is 6. The van der Waals surface area contributed by atoms with Crippen molar-refractivity contribution in [3.63, 3.8) is 0 Å². The highest BCUT2D eigenvalue weighted by Crippen LogP contribution is 2.37. The number of benzene rings is 1. The summed E-state index contributed by atoms with van der Waals surface area (Å²) >= 11 is 0. The van der Waals surface area contributed by atoms with Crippen molar-refractivity contribution in [3.8, 4) is 0 Å². The summed E-state index contributed by atoms with van der Waals surface area (Å²) in [7, 11) is 0. The van der Waals surface area contributed by atoms with Crippen LogP contribution >= 0.6 is 0 Å². The predicted octanol–water partition coefficient (Wildman–Crippen LogP) is 1.97. The molecule has 2 saturated carbocycles. The van der Waals surface area contributed by atoms with Crippen LogP contribution in [0.3, 0.4) is 0 Å². The van der Waals surface area contributed by atoms with Crippen molar-refractivity contribution in [2.75, 3.05) is 26.2 Å². The maximum atomic E-state index is 13.8. The summed E-state index contributed by atoms with van der Waals surface area (Å²) in [6.45, 7) is 2.61. The van der Waals surface area contributed by atoms with Gasteiger partial charge >= 0.3 is 0 Å². The molecule has 0 bridgehead atoms. The number of rotatable bonds is 5. The standard InChI is InChI=1S/C28H38N4O4/c29-22-16-32(24-23(33)17-36-25(22)24)27(35)28(12-1-2-13-28)30-26(34)20-8-6-18(7-9-20)19-10-14-31(15-11-19)21-4-3-5-21/h6-9,19,21-22,24-25H,1-5,10-17,29H2,(H,30,34)/t22-,24+,25+/m0/s1. The van der Waals surface area contributed by atoms with E-state index in [4.69, 9.17) is 10.5 Å². The molecule has 2 amide bonds. The Morgan fingerprint density at radius 2 is 1.69 bits per heavy atom. The van der Waals surface area contributed by atoms with Gasteiger partial charge in [0, 0.05) is 18.2 Å². The Morgan fingerprint density at radius 1 is 1.00 bits per heavy atom. The van der Waals surface area contributed by atoms with Crippen LogP contribution in [0.4, 0.5) is 0 Å². The Morgan fingerprint density at radius 3 is 2.33 bits per heavy atom. The maximum absolute atomic E-state index is 13.8. The minimum absolute atomic E-state index is 0.00186. The fraction of sp³-hybridized carbons (Fsp3) is 0.679. The lowest BCUT2D eigenvalue weighted by Crippen LogP contribution is -2.60. The Balaban J connectivity index is 1.12. The number of nitrogens with one attached hydrogen (secondary N) is 1. The van der Waals surface area contributed by atoms with Crippen LogP contribution in [0.15, 0.2) is 24.3 Å². The molecule has 3 aliphatic heterocycles. The van der Waals surface area contributed by atoms with Gasteiger partial charge in [-0.2, -0.15) is 0 Å². The van der Waals surface area contributed by atoms with Crippen LogP contribution in [0.5, 0.6) is 0 Å². The summed E-state index contributed by atoms with van der Waals surface area (Å²) < 4.78 is 5.56. The molecule has 3 heterocycles. The number of nitrogens with zero attached hydrogens (tertiary/aromatic N) is 2. The van der Waals surface area contributed by atoms with Gasteiger partial charge in [-0.3, -0.25) is 14.4 Å². The number of carbonyl (C=O) groups is 3. The Kier molecular flexibility index (Phi) is 6.38. The molecule has 0 unspecified atom stereocenters. The van der Waals surface area contributed by atoms with Gasteiger partial charge in [-0.05, 0) is 75.2 Å². The first kappa shape index (κ1) is 24.1. The minimum Gasteiger partial charge on any atom is -0.366 e. The van der Waals surface area contributed by atoms with Crippen LogP contribution in [-0.2, 0) is 14.3 Å². The molecule has 0 aromatic heterocycles. The van der Waals surface area contributed by atoms with E-state index in [0.717, 1.165) is 32.0 Å². The predicted molar refractivity (Wildman–Crippen MR) is 135 cm³/mol.